The van der Waals surface area contributed by atoms with Crippen molar-refractivity contribution in [3.8, 4) is 11.8 Å². The molecule has 3 nitrogen and oxygen atoms in total. The maximum Gasteiger partial charge on any atom is 0.146 e. The second-order valence-corrected chi connectivity index (χ2v) is 4.13. The van der Waals surface area contributed by atoms with Gasteiger partial charge in [0.25, 0.3) is 0 Å². The van der Waals surface area contributed by atoms with E-state index in [1.165, 1.54) is 37.4 Å². The van der Waals surface area contributed by atoms with E-state index in [9.17, 15) is 8.78 Å². The van der Waals surface area contributed by atoms with Gasteiger partial charge in [-0.15, -0.1) is 0 Å². The van der Waals surface area contributed by atoms with Crippen molar-refractivity contribution in [2.75, 3.05) is 12.4 Å². The van der Waals surface area contributed by atoms with Gasteiger partial charge < -0.3 is 10.1 Å². The molecule has 2 aromatic carbocycles. The van der Waals surface area contributed by atoms with Crippen LogP contribution in [-0.2, 0) is 6.54 Å². The van der Waals surface area contributed by atoms with Gasteiger partial charge in [0.2, 0.25) is 0 Å². The normalized spacial score (nSPS) is 9.90. The van der Waals surface area contributed by atoms with Crippen LogP contribution in [-0.4, -0.2) is 7.11 Å². The summed E-state index contributed by atoms with van der Waals surface area (Å²) in [4.78, 5) is 0. The first-order valence-electron chi connectivity index (χ1n) is 5.90. The number of methoxy groups -OCH3 is 1. The van der Waals surface area contributed by atoms with Gasteiger partial charge in [0.05, 0.1) is 18.4 Å². The van der Waals surface area contributed by atoms with Crippen LogP contribution in [0.4, 0.5) is 14.5 Å². The zero-order valence-electron chi connectivity index (χ0n) is 10.8. The largest absolute Gasteiger partial charge is 0.497 e. The van der Waals surface area contributed by atoms with Gasteiger partial charge in [0, 0.05) is 12.6 Å². The molecule has 20 heavy (non-hydrogen) atoms. The number of halogens is 2. The molecule has 0 aliphatic rings. The maximum atomic E-state index is 13.6. The van der Waals surface area contributed by atoms with Crippen LogP contribution < -0.4 is 10.1 Å². The molecule has 0 amide bonds. The number of hydrogen-bond donors (Lipinski definition) is 1. The van der Waals surface area contributed by atoms with E-state index in [1.807, 2.05) is 0 Å². The molecule has 2 aromatic rings. The molecule has 0 aromatic heterocycles. The molecular formula is C15H12F2N2O. The van der Waals surface area contributed by atoms with Gasteiger partial charge in [-0.2, -0.15) is 5.26 Å². The molecule has 0 fully saturated rings. The lowest BCUT2D eigenvalue weighted by atomic mass is 10.1. The number of benzene rings is 2. The van der Waals surface area contributed by atoms with Crippen LogP contribution in [0.15, 0.2) is 36.4 Å². The monoisotopic (exact) mass is 274 g/mol. The summed E-state index contributed by atoms with van der Waals surface area (Å²) < 4.78 is 31.8. The minimum atomic E-state index is -0.566. The summed E-state index contributed by atoms with van der Waals surface area (Å²) in [6, 6.07) is 10.3. The molecule has 0 unspecified atom stereocenters. The van der Waals surface area contributed by atoms with Gasteiger partial charge in [-0.05, 0) is 29.8 Å². The van der Waals surface area contributed by atoms with Crippen LogP contribution in [0.25, 0.3) is 0 Å². The molecule has 102 valence electrons. The second kappa shape index (κ2) is 6.02. The summed E-state index contributed by atoms with van der Waals surface area (Å²) in [5.41, 5.74) is 0.938. The third-order valence-electron chi connectivity index (χ3n) is 2.81. The molecule has 2 rings (SSSR count). The van der Waals surface area contributed by atoms with Crippen molar-refractivity contribution in [3.05, 3.63) is 59.2 Å². The van der Waals surface area contributed by atoms with E-state index < -0.39 is 11.6 Å². The van der Waals surface area contributed by atoms with Gasteiger partial charge in [-0.3, -0.25) is 0 Å². The fourth-order valence-electron chi connectivity index (χ4n) is 1.73. The average molecular weight is 274 g/mol. The Morgan fingerprint density at radius 2 is 1.90 bits per heavy atom. The van der Waals surface area contributed by atoms with E-state index in [4.69, 9.17) is 10.00 Å². The molecule has 0 spiro atoms. The average Bonchev–Trinajstić information content (AvgIpc) is 2.47. The van der Waals surface area contributed by atoms with E-state index in [2.05, 4.69) is 5.32 Å². The van der Waals surface area contributed by atoms with E-state index in [0.29, 0.717) is 11.3 Å². The van der Waals surface area contributed by atoms with Crippen LogP contribution in [0.3, 0.4) is 0 Å². The zero-order chi connectivity index (χ0) is 14.5. The molecule has 0 aliphatic heterocycles. The Hall–Kier alpha value is -2.61. The van der Waals surface area contributed by atoms with Crippen LogP contribution in [0.1, 0.15) is 11.1 Å². The Balaban J connectivity index is 2.15. The highest BCUT2D eigenvalue weighted by Crippen LogP contribution is 2.22. The van der Waals surface area contributed by atoms with Gasteiger partial charge in [-0.1, -0.05) is 6.07 Å². The van der Waals surface area contributed by atoms with Gasteiger partial charge in [0.15, 0.2) is 0 Å². The molecule has 0 bridgehead atoms. The highest BCUT2D eigenvalue weighted by atomic mass is 19.1. The quantitative estimate of drug-likeness (QED) is 0.928. The molecule has 0 aliphatic carbocycles. The van der Waals surface area contributed by atoms with Crippen molar-refractivity contribution in [2.24, 2.45) is 0 Å². The Bertz CT molecular complexity index is 665. The first kappa shape index (κ1) is 13.8. The number of nitriles is 1. The van der Waals surface area contributed by atoms with Gasteiger partial charge in [-0.25, -0.2) is 8.78 Å². The van der Waals surface area contributed by atoms with Gasteiger partial charge >= 0.3 is 0 Å². The van der Waals surface area contributed by atoms with E-state index >= 15 is 0 Å². The summed E-state index contributed by atoms with van der Waals surface area (Å²) in [7, 11) is 1.50. The van der Waals surface area contributed by atoms with E-state index in [0.717, 1.165) is 0 Å². The van der Waals surface area contributed by atoms with Crippen molar-refractivity contribution in [1.82, 2.24) is 0 Å². The number of hydrogen-bond acceptors (Lipinski definition) is 3. The predicted molar refractivity (Wildman–Crippen MR) is 71.4 cm³/mol. The molecule has 0 atom stereocenters. The van der Waals surface area contributed by atoms with Crippen molar-refractivity contribution < 1.29 is 13.5 Å². The summed E-state index contributed by atoms with van der Waals surface area (Å²) in [6.07, 6.45) is 0. The molecule has 0 saturated carbocycles. The number of nitrogens with zero attached hydrogens (tertiary/aromatic N) is 1. The Morgan fingerprint density at radius 1 is 1.15 bits per heavy atom. The topological polar surface area (TPSA) is 45.0 Å². The summed E-state index contributed by atoms with van der Waals surface area (Å²) >= 11 is 0. The molecule has 1 N–H and O–H groups in total. The summed E-state index contributed by atoms with van der Waals surface area (Å²) in [5, 5.41) is 11.6. The first-order valence-corrected chi connectivity index (χ1v) is 5.90. The number of nitrogens with one attached hydrogen (secondary N) is 1. The van der Waals surface area contributed by atoms with Crippen molar-refractivity contribution >= 4 is 5.69 Å². The minimum Gasteiger partial charge on any atom is -0.497 e. The SMILES string of the molecule is COc1ccc(F)c(NCc2ccc(F)c(C#N)c2)c1. The minimum absolute atomic E-state index is 0.0320. The van der Waals surface area contributed by atoms with Crippen LogP contribution in [0.2, 0.25) is 0 Å². The predicted octanol–water partition coefficient (Wildman–Crippen LogP) is 3.46. The summed E-state index contributed by atoms with van der Waals surface area (Å²) in [5.74, 6) is -0.442. The summed E-state index contributed by atoms with van der Waals surface area (Å²) in [6.45, 7) is 0.277. The number of rotatable bonds is 4. The molecule has 5 heteroatoms. The van der Waals surface area contributed by atoms with E-state index in [-0.39, 0.29) is 17.8 Å². The maximum absolute atomic E-state index is 13.6. The van der Waals surface area contributed by atoms with Crippen molar-refractivity contribution in [2.45, 2.75) is 6.54 Å². The molecule has 0 radical (unpaired) electrons. The fraction of sp³-hybridized carbons (Fsp3) is 0.133. The smallest absolute Gasteiger partial charge is 0.146 e. The number of ether oxygens (including phenoxy) is 1. The van der Waals surface area contributed by atoms with E-state index in [1.54, 1.807) is 12.1 Å². The van der Waals surface area contributed by atoms with Crippen LogP contribution in [0.5, 0.6) is 5.75 Å². The molecular weight excluding hydrogens is 262 g/mol. The lowest BCUT2D eigenvalue weighted by molar-refractivity contribution is 0.414. The van der Waals surface area contributed by atoms with Crippen molar-refractivity contribution in [3.63, 3.8) is 0 Å². The van der Waals surface area contributed by atoms with Gasteiger partial charge in [0.1, 0.15) is 23.5 Å². The Kier molecular flexibility index (Phi) is 4.16. The highest BCUT2D eigenvalue weighted by molar-refractivity contribution is 5.50. The Morgan fingerprint density at radius 3 is 2.60 bits per heavy atom. The first-order chi connectivity index (χ1) is 9.63. The zero-order valence-corrected chi connectivity index (χ0v) is 10.8. The third-order valence-corrected chi connectivity index (χ3v) is 2.81. The molecule has 0 heterocycles. The Labute approximate surface area is 115 Å². The van der Waals surface area contributed by atoms with Crippen LogP contribution in [0, 0.1) is 23.0 Å². The number of anilines is 1. The third kappa shape index (κ3) is 3.04. The lowest BCUT2D eigenvalue weighted by Gasteiger charge is -2.09. The molecule has 0 saturated heterocycles. The highest BCUT2D eigenvalue weighted by Gasteiger charge is 2.06. The lowest BCUT2D eigenvalue weighted by Crippen LogP contribution is -2.02. The fourth-order valence-corrected chi connectivity index (χ4v) is 1.73. The van der Waals surface area contributed by atoms with Crippen molar-refractivity contribution in [1.29, 1.82) is 5.26 Å². The standard InChI is InChI=1S/C15H12F2N2O/c1-20-12-3-5-14(17)15(7-12)19-9-10-2-4-13(16)11(6-10)8-18/h2-7,19H,9H2,1H3. The second-order valence-electron chi connectivity index (χ2n) is 4.13. The van der Waals surface area contributed by atoms with Crippen LogP contribution >= 0.6 is 0 Å².